The highest BCUT2D eigenvalue weighted by atomic mass is 16.5. The van der Waals surface area contributed by atoms with Crippen molar-refractivity contribution in [3.63, 3.8) is 0 Å². The van der Waals surface area contributed by atoms with Gasteiger partial charge in [0.25, 0.3) is 0 Å². The highest BCUT2D eigenvalue weighted by Gasteiger charge is 2.34. The molecule has 27 heavy (non-hydrogen) atoms. The minimum Gasteiger partial charge on any atom is -0.380 e. The van der Waals surface area contributed by atoms with Gasteiger partial charge in [-0.15, -0.1) is 0 Å². The molecule has 5 nitrogen and oxygen atoms in total. The van der Waals surface area contributed by atoms with Gasteiger partial charge >= 0.3 is 0 Å². The molecule has 0 spiro atoms. The first-order valence-corrected chi connectivity index (χ1v) is 11.0. The van der Waals surface area contributed by atoms with Crippen molar-refractivity contribution in [1.82, 2.24) is 19.6 Å². The van der Waals surface area contributed by atoms with Gasteiger partial charge in [0.1, 0.15) is 0 Å². The van der Waals surface area contributed by atoms with Gasteiger partial charge in [0, 0.05) is 62.5 Å². The molecule has 0 bridgehead atoms. The van der Waals surface area contributed by atoms with Crippen molar-refractivity contribution < 1.29 is 4.74 Å². The molecule has 2 atom stereocenters. The fraction of sp³-hybridized carbons (Fsp3) is 1.00. The van der Waals surface area contributed by atoms with Crippen LogP contribution in [0.15, 0.2) is 0 Å². The number of ether oxygens (including phenoxy) is 1. The number of hydrogen-bond acceptors (Lipinski definition) is 5. The fourth-order valence-electron chi connectivity index (χ4n) is 4.40. The summed E-state index contributed by atoms with van der Waals surface area (Å²) in [5, 5.41) is 0. The van der Waals surface area contributed by atoms with Crippen LogP contribution in [-0.2, 0) is 4.74 Å². The Morgan fingerprint density at radius 3 is 2.00 bits per heavy atom. The maximum atomic E-state index is 6.04. The van der Waals surface area contributed by atoms with E-state index in [4.69, 9.17) is 4.74 Å². The zero-order chi connectivity index (χ0) is 20.2. The van der Waals surface area contributed by atoms with Crippen LogP contribution in [-0.4, -0.2) is 110 Å². The Labute approximate surface area is 169 Å². The van der Waals surface area contributed by atoms with Gasteiger partial charge in [0.05, 0.1) is 6.61 Å². The molecule has 2 fully saturated rings. The third-order valence-corrected chi connectivity index (χ3v) is 6.93. The van der Waals surface area contributed by atoms with Crippen molar-refractivity contribution in [3.05, 3.63) is 0 Å². The Kier molecular flexibility index (Phi) is 8.15. The molecule has 2 aliphatic rings. The lowest BCUT2D eigenvalue weighted by atomic mass is 9.99. The van der Waals surface area contributed by atoms with E-state index < -0.39 is 0 Å². The molecular formula is C22H46N4O. The maximum Gasteiger partial charge on any atom is 0.0593 e. The lowest BCUT2D eigenvalue weighted by Crippen LogP contribution is -2.45. The standard InChI is InChI=1S/C22H46N4O/c1-21(2,3)25-12-10-20(18-25)24(8)14-16-27-15-11-22(4,5)26-13-9-19(17-26)23(6)7/h19-20H,9-18H2,1-8H3/t19-,20+/m1/s1. The van der Waals surface area contributed by atoms with Gasteiger partial charge < -0.3 is 9.64 Å². The number of hydrogen-bond donors (Lipinski definition) is 0. The van der Waals surface area contributed by atoms with Crippen molar-refractivity contribution in [3.8, 4) is 0 Å². The van der Waals surface area contributed by atoms with Gasteiger partial charge in [-0.25, -0.2) is 0 Å². The Balaban J connectivity index is 1.61. The van der Waals surface area contributed by atoms with Crippen molar-refractivity contribution in [2.75, 3.05) is 67.1 Å². The van der Waals surface area contributed by atoms with Gasteiger partial charge in [-0.1, -0.05) is 0 Å². The highest BCUT2D eigenvalue weighted by molar-refractivity contribution is 4.91. The van der Waals surface area contributed by atoms with Gasteiger partial charge in [-0.05, 0) is 75.0 Å². The molecule has 0 unspecified atom stereocenters. The normalized spacial score (nSPS) is 26.0. The molecule has 0 saturated carbocycles. The molecule has 0 N–H and O–H groups in total. The summed E-state index contributed by atoms with van der Waals surface area (Å²) in [4.78, 5) is 10.1. The summed E-state index contributed by atoms with van der Waals surface area (Å²) in [6, 6.07) is 1.38. The van der Waals surface area contributed by atoms with Crippen LogP contribution in [0, 0.1) is 0 Å². The molecule has 0 aliphatic carbocycles. The molecule has 5 heteroatoms. The summed E-state index contributed by atoms with van der Waals surface area (Å²) >= 11 is 0. The predicted octanol–water partition coefficient (Wildman–Crippen LogP) is 2.61. The smallest absolute Gasteiger partial charge is 0.0593 e. The van der Waals surface area contributed by atoms with Crippen molar-refractivity contribution >= 4 is 0 Å². The first-order chi connectivity index (χ1) is 12.5. The molecule has 2 saturated heterocycles. The minimum absolute atomic E-state index is 0.231. The van der Waals surface area contributed by atoms with E-state index in [0.29, 0.717) is 17.6 Å². The number of rotatable bonds is 9. The van der Waals surface area contributed by atoms with Crippen molar-refractivity contribution in [1.29, 1.82) is 0 Å². The summed E-state index contributed by atoms with van der Waals surface area (Å²) in [5.74, 6) is 0. The van der Waals surface area contributed by atoms with Crippen LogP contribution in [0.4, 0.5) is 0 Å². The van der Waals surface area contributed by atoms with E-state index in [1.165, 1.54) is 39.0 Å². The highest BCUT2D eigenvalue weighted by Crippen LogP contribution is 2.26. The molecule has 0 radical (unpaired) electrons. The number of likely N-dealkylation sites (N-methyl/N-ethyl adjacent to an activating group) is 2. The maximum absolute atomic E-state index is 6.04. The third kappa shape index (κ3) is 6.67. The van der Waals surface area contributed by atoms with Crippen molar-refractivity contribution in [2.45, 2.75) is 77.0 Å². The second-order valence-electron chi connectivity index (χ2n) is 10.6. The zero-order valence-electron chi connectivity index (χ0n) is 19.4. The summed E-state index contributed by atoms with van der Waals surface area (Å²) in [6.07, 6.45) is 3.68. The van der Waals surface area contributed by atoms with E-state index in [9.17, 15) is 0 Å². The Morgan fingerprint density at radius 1 is 0.852 bits per heavy atom. The number of likely N-dealkylation sites (tertiary alicyclic amines) is 2. The van der Waals surface area contributed by atoms with E-state index >= 15 is 0 Å². The average Bonchev–Trinajstić information content (AvgIpc) is 3.23. The Morgan fingerprint density at radius 2 is 1.44 bits per heavy atom. The zero-order valence-corrected chi connectivity index (χ0v) is 19.4. The largest absolute Gasteiger partial charge is 0.380 e. The van der Waals surface area contributed by atoms with E-state index in [1.807, 2.05) is 0 Å². The van der Waals surface area contributed by atoms with E-state index in [2.05, 4.69) is 75.4 Å². The molecule has 2 heterocycles. The fourth-order valence-corrected chi connectivity index (χ4v) is 4.40. The lowest BCUT2D eigenvalue weighted by Gasteiger charge is -2.36. The minimum atomic E-state index is 0.231. The summed E-state index contributed by atoms with van der Waals surface area (Å²) < 4.78 is 6.04. The summed E-state index contributed by atoms with van der Waals surface area (Å²) in [5.41, 5.74) is 0.522. The van der Waals surface area contributed by atoms with Crippen LogP contribution >= 0.6 is 0 Å². The van der Waals surface area contributed by atoms with Crippen LogP contribution in [0.5, 0.6) is 0 Å². The molecule has 2 aliphatic heterocycles. The number of nitrogens with zero attached hydrogens (tertiary/aromatic N) is 4. The van der Waals surface area contributed by atoms with Crippen LogP contribution < -0.4 is 0 Å². The SMILES string of the molecule is CN(C)[C@@H]1CCN(C(C)(C)CCOCCN(C)[C@H]2CCN(C(C)(C)C)C2)C1. The molecule has 0 aromatic heterocycles. The monoisotopic (exact) mass is 382 g/mol. The summed E-state index contributed by atoms with van der Waals surface area (Å²) in [6.45, 7) is 19.3. The van der Waals surface area contributed by atoms with E-state index in [-0.39, 0.29) is 5.54 Å². The molecule has 0 aromatic rings. The molecule has 0 aromatic carbocycles. The summed E-state index contributed by atoms with van der Waals surface area (Å²) in [7, 11) is 6.66. The Bertz CT molecular complexity index is 446. The van der Waals surface area contributed by atoms with E-state index in [0.717, 1.165) is 26.2 Å². The van der Waals surface area contributed by atoms with Gasteiger partial charge in [0.15, 0.2) is 0 Å². The van der Waals surface area contributed by atoms with Crippen LogP contribution in [0.2, 0.25) is 0 Å². The Hall–Kier alpha value is -0.200. The third-order valence-electron chi connectivity index (χ3n) is 6.93. The van der Waals surface area contributed by atoms with Gasteiger partial charge in [-0.2, -0.15) is 0 Å². The molecule has 0 amide bonds. The van der Waals surface area contributed by atoms with Crippen LogP contribution in [0.25, 0.3) is 0 Å². The second kappa shape index (κ2) is 9.53. The predicted molar refractivity (Wildman–Crippen MR) is 116 cm³/mol. The van der Waals surface area contributed by atoms with Gasteiger partial charge in [-0.3, -0.25) is 14.7 Å². The quantitative estimate of drug-likeness (QED) is 0.570. The lowest BCUT2D eigenvalue weighted by molar-refractivity contribution is 0.0547. The molecular weight excluding hydrogens is 336 g/mol. The molecule has 160 valence electrons. The second-order valence-corrected chi connectivity index (χ2v) is 10.6. The van der Waals surface area contributed by atoms with Gasteiger partial charge in [0.2, 0.25) is 0 Å². The average molecular weight is 383 g/mol. The van der Waals surface area contributed by atoms with Crippen LogP contribution in [0.1, 0.15) is 53.9 Å². The van der Waals surface area contributed by atoms with E-state index in [1.54, 1.807) is 0 Å². The van der Waals surface area contributed by atoms with Crippen molar-refractivity contribution in [2.24, 2.45) is 0 Å². The first kappa shape index (κ1) is 23.1. The van der Waals surface area contributed by atoms with Crippen LogP contribution in [0.3, 0.4) is 0 Å². The molecule has 2 rings (SSSR count). The first-order valence-electron chi connectivity index (χ1n) is 11.0. The topological polar surface area (TPSA) is 22.2 Å².